The molecule has 0 radical (unpaired) electrons. The summed E-state index contributed by atoms with van der Waals surface area (Å²) in [5, 5.41) is 0. The Morgan fingerprint density at radius 1 is 1.69 bits per heavy atom. The van der Waals surface area contributed by atoms with Gasteiger partial charge in [0.1, 0.15) is 0 Å². The molecule has 1 atom stereocenters. The van der Waals surface area contributed by atoms with Gasteiger partial charge in [0.15, 0.2) is 5.78 Å². The zero-order valence-corrected chi connectivity index (χ0v) is 7.65. The predicted molar refractivity (Wildman–Crippen MR) is 48.4 cm³/mol. The number of aromatic nitrogens is 1. The summed E-state index contributed by atoms with van der Waals surface area (Å²) in [5.74, 6) is 0.302. The molecule has 1 aromatic heterocycles. The molecule has 4 nitrogen and oxygen atoms in total. The third-order valence-electron chi connectivity index (χ3n) is 1.77. The molecule has 0 fully saturated rings. The van der Waals surface area contributed by atoms with E-state index in [0.717, 1.165) is 0 Å². The standard InChI is InChI=1S/C9H12N2O2/c1-6(12)8(10)7-4-3-5-11-9(7)13-2/h3-5,8H,10H2,1-2H3. The van der Waals surface area contributed by atoms with Gasteiger partial charge >= 0.3 is 0 Å². The van der Waals surface area contributed by atoms with Gasteiger partial charge in [0.2, 0.25) is 5.88 Å². The van der Waals surface area contributed by atoms with Gasteiger partial charge in [-0.3, -0.25) is 4.79 Å². The second-order valence-electron chi connectivity index (χ2n) is 2.69. The minimum Gasteiger partial charge on any atom is -0.481 e. The predicted octanol–water partition coefficient (Wildman–Crippen LogP) is 0.679. The quantitative estimate of drug-likeness (QED) is 0.742. The summed E-state index contributed by atoms with van der Waals surface area (Å²) in [7, 11) is 1.50. The van der Waals surface area contributed by atoms with Gasteiger partial charge in [-0.25, -0.2) is 4.98 Å². The van der Waals surface area contributed by atoms with Crippen molar-refractivity contribution >= 4 is 5.78 Å². The summed E-state index contributed by atoms with van der Waals surface area (Å²) in [6.45, 7) is 1.44. The Morgan fingerprint density at radius 3 is 2.92 bits per heavy atom. The van der Waals surface area contributed by atoms with E-state index in [-0.39, 0.29) is 5.78 Å². The smallest absolute Gasteiger partial charge is 0.218 e. The molecule has 0 bridgehead atoms. The van der Waals surface area contributed by atoms with Gasteiger partial charge in [-0.15, -0.1) is 0 Å². The minimum absolute atomic E-state index is 0.105. The van der Waals surface area contributed by atoms with Crippen LogP contribution in [0.2, 0.25) is 0 Å². The van der Waals surface area contributed by atoms with Crippen LogP contribution in [-0.4, -0.2) is 17.9 Å². The molecule has 13 heavy (non-hydrogen) atoms. The van der Waals surface area contributed by atoms with Gasteiger partial charge in [-0.05, 0) is 13.0 Å². The Balaban J connectivity index is 3.05. The molecule has 70 valence electrons. The van der Waals surface area contributed by atoms with Crippen LogP contribution in [0.3, 0.4) is 0 Å². The lowest BCUT2D eigenvalue weighted by atomic mass is 10.1. The molecule has 0 aliphatic carbocycles. The van der Waals surface area contributed by atoms with E-state index in [0.29, 0.717) is 11.4 Å². The van der Waals surface area contributed by atoms with Gasteiger partial charge in [0, 0.05) is 11.8 Å². The van der Waals surface area contributed by atoms with E-state index in [1.54, 1.807) is 18.3 Å². The highest BCUT2D eigenvalue weighted by Crippen LogP contribution is 2.20. The Bertz CT molecular complexity index is 312. The highest BCUT2D eigenvalue weighted by molar-refractivity contribution is 5.83. The zero-order chi connectivity index (χ0) is 9.84. The average Bonchev–Trinajstić information content (AvgIpc) is 2.16. The Morgan fingerprint density at radius 2 is 2.38 bits per heavy atom. The average molecular weight is 180 g/mol. The number of pyridine rings is 1. The van der Waals surface area contributed by atoms with Crippen LogP contribution in [0.15, 0.2) is 18.3 Å². The van der Waals surface area contributed by atoms with Gasteiger partial charge in [0.25, 0.3) is 0 Å². The molecule has 0 spiro atoms. The van der Waals surface area contributed by atoms with Crippen molar-refractivity contribution < 1.29 is 9.53 Å². The third kappa shape index (κ3) is 2.03. The molecule has 0 saturated heterocycles. The first kappa shape index (κ1) is 9.67. The van der Waals surface area contributed by atoms with Crippen molar-refractivity contribution in [3.05, 3.63) is 23.9 Å². The van der Waals surface area contributed by atoms with Crippen LogP contribution in [-0.2, 0) is 4.79 Å². The summed E-state index contributed by atoms with van der Waals surface area (Å²) in [6.07, 6.45) is 1.59. The lowest BCUT2D eigenvalue weighted by molar-refractivity contribution is -0.118. The second-order valence-corrected chi connectivity index (χ2v) is 2.69. The molecule has 1 heterocycles. The molecule has 0 saturated carbocycles. The molecule has 0 aliphatic heterocycles. The molecule has 1 rings (SSSR count). The van der Waals surface area contributed by atoms with E-state index < -0.39 is 6.04 Å². The summed E-state index contributed by atoms with van der Waals surface area (Å²) < 4.78 is 4.97. The number of nitrogens with zero attached hydrogens (tertiary/aromatic N) is 1. The normalized spacial score (nSPS) is 12.2. The largest absolute Gasteiger partial charge is 0.481 e. The topological polar surface area (TPSA) is 65.2 Å². The first-order valence-electron chi connectivity index (χ1n) is 3.91. The summed E-state index contributed by atoms with van der Waals surface area (Å²) in [6, 6.07) is 2.81. The number of Topliss-reactive ketones (excluding diaryl/α,β-unsaturated/α-hetero) is 1. The highest BCUT2D eigenvalue weighted by Gasteiger charge is 2.15. The van der Waals surface area contributed by atoms with Crippen LogP contribution in [0, 0.1) is 0 Å². The lowest BCUT2D eigenvalue weighted by Gasteiger charge is -2.10. The van der Waals surface area contributed by atoms with Gasteiger partial charge in [0.05, 0.1) is 13.2 Å². The second kappa shape index (κ2) is 4.00. The van der Waals surface area contributed by atoms with Crippen molar-refractivity contribution in [2.75, 3.05) is 7.11 Å². The van der Waals surface area contributed by atoms with Crippen LogP contribution >= 0.6 is 0 Å². The van der Waals surface area contributed by atoms with E-state index in [1.165, 1.54) is 14.0 Å². The monoisotopic (exact) mass is 180 g/mol. The fourth-order valence-electron chi connectivity index (χ4n) is 1.03. The zero-order valence-electron chi connectivity index (χ0n) is 7.65. The Kier molecular flexibility index (Phi) is 2.97. The third-order valence-corrected chi connectivity index (χ3v) is 1.77. The van der Waals surface area contributed by atoms with E-state index in [9.17, 15) is 4.79 Å². The molecule has 0 aromatic carbocycles. The number of ether oxygens (including phenoxy) is 1. The maximum Gasteiger partial charge on any atom is 0.218 e. The van der Waals surface area contributed by atoms with E-state index >= 15 is 0 Å². The van der Waals surface area contributed by atoms with Gasteiger partial charge in [-0.2, -0.15) is 0 Å². The van der Waals surface area contributed by atoms with Crippen LogP contribution in [0.5, 0.6) is 5.88 Å². The van der Waals surface area contributed by atoms with Crippen molar-refractivity contribution in [1.82, 2.24) is 4.98 Å². The van der Waals surface area contributed by atoms with E-state index in [2.05, 4.69) is 4.98 Å². The van der Waals surface area contributed by atoms with Crippen LogP contribution in [0.4, 0.5) is 0 Å². The van der Waals surface area contributed by atoms with Gasteiger partial charge < -0.3 is 10.5 Å². The van der Waals surface area contributed by atoms with Crippen LogP contribution in [0.25, 0.3) is 0 Å². The number of rotatable bonds is 3. The van der Waals surface area contributed by atoms with Crippen molar-refractivity contribution in [2.24, 2.45) is 5.73 Å². The molecular weight excluding hydrogens is 168 g/mol. The van der Waals surface area contributed by atoms with Crippen LogP contribution in [0.1, 0.15) is 18.5 Å². The van der Waals surface area contributed by atoms with E-state index in [4.69, 9.17) is 10.5 Å². The summed E-state index contributed by atoms with van der Waals surface area (Å²) >= 11 is 0. The fraction of sp³-hybridized carbons (Fsp3) is 0.333. The Hall–Kier alpha value is -1.42. The van der Waals surface area contributed by atoms with Crippen molar-refractivity contribution in [3.63, 3.8) is 0 Å². The summed E-state index contributed by atoms with van der Waals surface area (Å²) in [4.78, 5) is 15.0. The first-order chi connectivity index (χ1) is 6.16. The number of carbonyl (C=O) groups excluding carboxylic acids is 1. The number of carbonyl (C=O) groups is 1. The number of ketones is 1. The number of hydrogen-bond donors (Lipinski definition) is 1. The maximum atomic E-state index is 11.0. The summed E-state index contributed by atoms with van der Waals surface area (Å²) in [5.41, 5.74) is 6.27. The van der Waals surface area contributed by atoms with Crippen molar-refractivity contribution in [1.29, 1.82) is 0 Å². The minimum atomic E-state index is -0.649. The number of methoxy groups -OCH3 is 1. The number of hydrogen-bond acceptors (Lipinski definition) is 4. The molecule has 2 N–H and O–H groups in total. The SMILES string of the molecule is COc1ncccc1C(N)C(C)=O. The molecule has 0 amide bonds. The van der Waals surface area contributed by atoms with Gasteiger partial charge in [-0.1, -0.05) is 6.07 Å². The fourth-order valence-corrected chi connectivity index (χ4v) is 1.03. The molecule has 0 aliphatic rings. The van der Waals surface area contributed by atoms with Crippen molar-refractivity contribution in [3.8, 4) is 5.88 Å². The lowest BCUT2D eigenvalue weighted by Crippen LogP contribution is -2.19. The molecule has 1 unspecified atom stereocenters. The maximum absolute atomic E-state index is 11.0. The Labute approximate surface area is 76.7 Å². The van der Waals surface area contributed by atoms with Crippen molar-refractivity contribution in [2.45, 2.75) is 13.0 Å². The molecule has 1 aromatic rings. The first-order valence-corrected chi connectivity index (χ1v) is 3.91. The highest BCUT2D eigenvalue weighted by atomic mass is 16.5. The molecular formula is C9H12N2O2. The molecule has 4 heteroatoms. The number of nitrogens with two attached hydrogens (primary N) is 1. The van der Waals surface area contributed by atoms with E-state index in [1.807, 2.05) is 0 Å². The van der Waals surface area contributed by atoms with Crippen LogP contribution < -0.4 is 10.5 Å².